The first-order valence-electron chi connectivity index (χ1n) is 8.90. The molecule has 1 fully saturated rings. The number of carbonyl (C=O) groups excluding carboxylic acids is 2. The van der Waals surface area contributed by atoms with Gasteiger partial charge in [-0.2, -0.15) is 0 Å². The lowest BCUT2D eigenvalue weighted by Crippen LogP contribution is -2.28. The molecule has 5 nitrogen and oxygen atoms in total. The smallest absolute Gasteiger partial charge is 0.240 e. The van der Waals surface area contributed by atoms with Crippen LogP contribution in [0, 0.1) is 13.8 Å². The van der Waals surface area contributed by atoms with Crippen LogP contribution in [-0.2, 0) is 9.59 Å². The zero-order chi connectivity index (χ0) is 19.4. The molecular weight excluding hydrogens is 358 g/mol. The topological polar surface area (TPSA) is 70.6 Å². The third kappa shape index (κ3) is 4.77. The van der Waals surface area contributed by atoms with Gasteiger partial charge in [0, 0.05) is 12.1 Å². The van der Waals surface area contributed by atoms with Crippen molar-refractivity contribution in [2.24, 2.45) is 4.99 Å². The molecule has 3 rings (SSSR count). The van der Waals surface area contributed by atoms with Gasteiger partial charge in [0.15, 0.2) is 5.17 Å². The fourth-order valence-electron chi connectivity index (χ4n) is 2.95. The van der Waals surface area contributed by atoms with Gasteiger partial charge in [0.1, 0.15) is 5.25 Å². The Bertz CT molecular complexity index is 860. The third-order valence-electron chi connectivity index (χ3n) is 4.49. The summed E-state index contributed by atoms with van der Waals surface area (Å²) in [6.07, 6.45) is 0.114. The van der Waals surface area contributed by atoms with Gasteiger partial charge in [0.05, 0.1) is 6.04 Å². The van der Waals surface area contributed by atoms with Crippen molar-refractivity contribution in [3.05, 3.63) is 65.2 Å². The highest BCUT2D eigenvalue weighted by atomic mass is 32.2. The summed E-state index contributed by atoms with van der Waals surface area (Å²) in [5, 5.41) is 5.83. The molecule has 27 heavy (non-hydrogen) atoms. The van der Waals surface area contributed by atoms with Gasteiger partial charge < -0.3 is 10.6 Å². The van der Waals surface area contributed by atoms with E-state index < -0.39 is 5.25 Å². The molecule has 0 saturated carbocycles. The Balaban J connectivity index is 1.62. The van der Waals surface area contributed by atoms with Crippen LogP contribution in [0.15, 0.2) is 53.5 Å². The van der Waals surface area contributed by atoms with E-state index in [1.54, 1.807) is 0 Å². The third-order valence-corrected chi connectivity index (χ3v) is 5.58. The van der Waals surface area contributed by atoms with Gasteiger partial charge in [-0.3, -0.25) is 14.6 Å². The van der Waals surface area contributed by atoms with Crippen molar-refractivity contribution in [3.63, 3.8) is 0 Å². The van der Waals surface area contributed by atoms with Crippen LogP contribution in [0.4, 0.5) is 5.69 Å². The molecule has 0 aliphatic carbocycles. The Hall–Kier alpha value is -2.60. The number of carbonyl (C=O) groups is 2. The summed E-state index contributed by atoms with van der Waals surface area (Å²) in [6, 6.07) is 15.7. The van der Waals surface area contributed by atoms with Crippen molar-refractivity contribution in [2.45, 2.75) is 38.5 Å². The average Bonchev–Trinajstić information content (AvgIpc) is 2.98. The van der Waals surface area contributed by atoms with Crippen molar-refractivity contribution in [2.75, 3.05) is 5.32 Å². The number of thioether (sulfide) groups is 1. The maximum Gasteiger partial charge on any atom is 0.240 e. The standard InChI is InChI=1S/C21H23N3O2S/c1-13-8-7-9-14(2)19(13)23-18(25)12-17-20(26)24-21(27-17)22-15(3)16-10-5-4-6-11-16/h4-11,15,17H,12H2,1-3H3,(H,23,25)(H,22,24,26)/t15-,17-/m1/s1. The molecule has 0 bridgehead atoms. The molecule has 2 atom stereocenters. The van der Waals surface area contributed by atoms with E-state index in [1.807, 2.05) is 69.3 Å². The van der Waals surface area contributed by atoms with Crippen LogP contribution in [0.3, 0.4) is 0 Å². The van der Waals surface area contributed by atoms with Gasteiger partial charge in [-0.05, 0) is 37.5 Å². The molecule has 2 amide bonds. The summed E-state index contributed by atoms with van der Waals surface area (Å²) >= 11 is 1.32. The van der Waals surface area contributed by atoms with E-state index in [9.17, 15) is 9.59 Å². The highest BCUT2D eigenvalue weighted by Crippen LogP contribution is 2.27. The second-order valence-corrected chi connectivity index (χ2v) is 7.83. The molecule has 0 aromatic heterocycles. The molecule has 2 aromatic carbocycles. The zero-order valence-corrected chi connectivity index (χ0v) is 16.5. The molecule has 0 radical (unpaired) electrons. The number of hydrogen-bond donors (Lipinski definition) is 2. The molecule has 1 saturated heterocycles. The van der Waals surface area contributed by atoms with Crippen LogP contribution in [0.2, 0.25) is 0 Å². The lowest BCUT2D eigenvalue weighted by atomic mass is 10.1. The first-order valence-corrected chi connectivity index (χ1v) is 9.78. The number of rotatable bonds is 5. The number of aryl methyl sites for hydroxylation is 2. The molecular formula is C21H23N3O2S. The normalized spacial score (nSPS) is 19.0. The van der Waals surface area contributed by atoms with Crippen molar-refractivity contribution >= 4 is 34.4 Å². The Labute approximate surface area is 163 Å². The summed E-state index contributed by atoms with van der Waals surface area (Å²) < 4.78 is 0. The van der Waals surface area contributed by atoms with Gasteiger partial charge in [-0.15, -0.1) is 0 Å². The Morgan fingerprint density at radius 2 is 1.81 bits per heavy atom. The van der Waals surface area contributed by atoms with Gasteiger partial charge in [-0.25, -0.2) is 0 Å². The number of hydrogen-bond acceptors (Lipinski definition) is 4. The van der Waals surface area contributed by atoms with Crippen LogP contribution in [0.5, 0.6) is 0 Å². The van der Waals surface area contributed by atoms with E-state index in [1.165, 1.54) is 11.8 Å². The van der Waals surface area contributed by atoms with E-state index in [-0.39, 0.29) is 24.3 Å². The highest BCUT2D eigenvalue weighted by Gasteiger charge is 2.32. The minimum atomic E-state index is -0.462. The van der Waals surface area contributed by atoms with E-state index in [2.05, 4.69) is 15.6 Å². The SMILES string of the molecule is Cc1cccc(C)c1NC(=O)C[C@H]1SC(=N[C@H](C)c2ccccc2)NC1=O. The van der Waals surface area contributed by atoms with E-state index >= 15 is 0 Å². The predicted molar refractivity (Wildman–Crippen MR) is 111 cm³/mol. The van der Waals surface area contributed by atoms with E-state index in [0.29, 0.717) is 5.17 Å². The summed E-state index contributed by atoms with van der Waals surface area (Å²) in [5.74, 6) is -0.340. The molecule has 140 valence electrons. The first-order chi connectivity index (χ1) is 12.9. The Kier molecular flexibility index (Phi) is 5.96. The average molecular weight is 382 g/mol. The molecule has 6 heteroatoms. The van der Waals surface area contributed by atoms with Crippen LogP contribution in [-0.4, -0.2) is 22.2 Å². The van der Waals surface area contributed by atoms with Crippen molar-refractivity contribution in [1.82, 2.24) is 5.32 Å². The maximum absolute atomic E-state index is 12.4. The summed E-state index contributed by atoms with van der Waals surface area (Å²) in [7, 11) is 0. The number of amidine groups is 1. The number of amides is 2. The molecule has 0 unspecified atom stereocenters. The maximum atomic E-state index is 12.4. The van der Waals surface area contributed by atoms with Crippen LogP contribution < -0.4 is 10.6 Å². The minimum absolute atomic E-state index is 0.0591. The Morgan fingerprint density at radius 3 is 2.48 bits per heavy atom. The van der Waals surface area contributed by atoms with Crippen LogP contribution >= 0.6 is 11.8 Å². The second-order valence-electron chi connectivity index (χ2n) is 6.64. The molecule has 1 aliphatic rings. The first kappa shape index (κ1) is 19.2. The molecule has 2 aromatic rings. The van der Waals surface area contributed by atoms with Gasteiger partial charge in [0.2, 0.25) is 11.8 Å². The van der Waals surface area contributed by atoms with Crippen molar-refractivity contribution in [1.29, 1.82) is 0 Å². The Morgan fingerprint density at radius 1 is 1.15 bits per heavy atom. The van der Waals surface area contributed by atoms with Gasteiger partial charge >= 0.3 is 0 Å². The van der Waals surface area contributed by atoms with Crippen LogP contribution in [0.25, 0.3) is 0 Å². The number of nitrogens with zero attached hydrogens (tertiary/aromatic N) is 1. The molecule has 1 aliphatic heterocycles. The lowest BCUT2D eigenvalue weighted by molar-refractivity contribution is -0.122. The van der Waals surface area contributed by atoms with E-state index in [0.717, 1.165) is 22.4 Å². The number of nitrogens with one attached hydrogen (secondary N) is 2. The summed E-state index contributed by atoms with van der Waals surface area (Å²) in [6.45, 7) is 5.89. The van der Waals surface area contributed by atoms with Crippen molar-refractivity contribution < 1.29 is 9.59 Å². The highest BCUT2D eigenvalue weighted by molar-refractivity contribution is 8.15. The quantitative estimate of drug-likeness (QED) is 0.823. The van der Waals surface area contributed by atoms with Crippen LogP contribution in [0.1, 0.15) is 36.1 Å². The number of benzene rings is 2. The zero-order valence-electron chi connectivity index (χ0n) is 15.7. The monoisotopic (exact) mass is 381 g/mol. The fraction of sp³-hybridized carbons (Fsp3) is 0.286. The number of para-hydroxylation sites is 1. The summed E-state index contributed by atoms with van der Waals surface area (Å²) in [4.78, 5) is 29.2. The minimum Gasteiger partial charge on any atom is -0.326 e. The predicted octanol–water partition coefficient (Wildman–Crippen LogP) is 3.98. The lowest BCUT2D eigenvalue weighted by Gasteiger charge is -2.12. The summed E-state index contributed by atoms with van der Waals surface area (Å²) in [5.41, 5.74) is 3.91. The molecule has 0 spiro atoms. The van der Waals surface area contributed by atoms with Crippen molar-refractivity contribution in [3.8, 4) is 0 Å². The number of anilines is 1. The number of aliphatic imine (C=N–C) groups is 1. The van der Waals surface area contributed by atoms with Gasteiger partial charge in [-0.1, -0.05) is 60.3 Å². The second kappa shape index (κ2) is 8.39. The molecule has 2 N–H and O–H groups in total. The van der Waals surface area contributed by atoms with E-state index in [4.69, 9.17) is 0 Å². The molecule has 1 heterocycles. The largest absolute Gasteiger partial charge is 0.326 e. The fourth-order valence-corrected chi connectivity index (χ4v) is 4.00. The van der Waals surface area contributed by atoms with Gasteiger partial charge in [0.25, 0.3) is 0 Å².